The van der Waals surface area contributed by atoms with Crippen LogP contribution in [0.3, 0.4) is 0 Å². The maximum atomic E-state index is 13.1. The molecule has 1 heterocycles. The quantitative estimate of drug-likeness (QED) is 0.524. The second-order valence-electron chi connectivity index (χ2n) is 7.01. The normalized spacial score (nSPS) is 15.4. The number of piperazine rings is 1. The lowest BCUT2D eigenvalue weighted by Gasteiger charge is -2.29. The lowest BCUT2D eigenvalue weighted by atomic mass is 10.3. The van der Waals surface area contributed by atoms with Gasteiger partial charge in [-0.15, -0.1) is 0 Å². The number of amides is 1. The third-order valence-corrected chi connectivity index (χ3v) is 6.94. The number of carbonyl (C=O) groups excluding carboxylic acids is 1. The molecule has 0 atom stereocenters. The summed E-state index contributed by atoms with van der Waals surface area (Å²) in [7, 11) is -3.67. The fourth-order valence-corrected chi connectivity index (χ4v) is 4.70. The maximum absolute atomic E-state index is 13.1. The molecule has 1 aliphatic heterocycles. The zero-order valence-corrected chi connectivity index (χ0v) is 19.0. The van der Waals surface area contributed by atoms with Crippen molar-refractivity contribution in [1.29, 1.82) is 0 Å². The number of ether oxygens (including phenoxy) is 1. The molecule has 0 radical (unpaired) electrons. The molecule has 28 heavy (non-hydrogen) atoms. The predicted molar refractivity (Wildman–Crippen MR) is 113 cm³/mol. The summed E-state index contributed by atoms with van der Waals surface area (Å²) in [6, 6.07) is 6.57. The van der Waals surface area contributed by atoms with Crippen molar-refractivity contribution in [3.8, 4) is 0 Å². The van der Waals surface area contributed by atoms with Crippen molar-refractivity contribution in [1.82, 2.24) is 14.5 Å². The molecule has 0 bridgehead atoms. The Bertz CT molecular complexity index is 719. The maximum Gasteiger partial charge on any atom is 0.243 e. The summed E-state index contributed by atoms with van der Waals surface area (Å²) < 4.78 is 33.9. The average Bonchev–Trinajstić information content (AvgIpc) is 2.67. The molecule has 1 fully saturated rings. The van der Waals surface area contributed by atoms with Gasteiger partial charge in [0.15, 0.2) is 0 Å². The van der Waals surface area contributed by atoms with E-state index in [2.05, 4.69) is 21.2 Å². The number of hydrogen-bond acceptors (Lipinski definition) is 5. The minimum Gasteiger partial charge on any atom is -0.379 e. The number of hydrogen-bond donors (Lipinski definition) is 1. The van der Waals surface area contributed by atoms with Crippen molar-refractivity contribution >= 4 is 31.9 Å². The van der Waals surface area contributed by atoms with Gasteiger partial charge in [0.1, 0.15) is 0 Å². The van der Waals surface area contributed by atoms with Crippen LogP contribution in [0.15, 0.2) is 33.6 Å². The number of halogens is 1. The van der Waals surface area contributed by atoms with Crippen molar-refractivity contribution in [2.45, 2.75) is 37.7 Å². The lowest BCUT2D eigenvalue weighted by molar-refractivity contribution is -0.131. The Labute approximate surface area is 176 Å². The van der Waals surface area contributed by atoms with Gasteiger partial charge in [0, 0.05) is 56.8 Å². The molecule has 2 rings (SSSR count). The highest BCUT2D eigenvalue weighted by molar-refractivity contribution is 9.10. The van der Waals surface area contributed by atoms with E-state index in [0.717, 1.165) is 17.6 Å². The van der Waals surface area contributed by atoms with E-state index in [-0.39, 0.29) is 29.9 Å². The van der Waals surface area contributed by atoms with Crippen molar-refractivity contribution in [2.24, 2.45) is 0 Å². The van der Waals surface area contributed by atoms with Crippen LogP contribution in [0, 0.1) is 0 Å². The number of rotatable bonds is 10. The molecule has 1 aliphatic rings. The first-order valence-electron chi connectivity index (χ1n) is 9.66. The molecule has 0 unspecified atom stereocenters. The van der Waals surface area contributed by atoms with Crippen molar-refractivity contribution in [2.75, 3.05) is 45.9 Å². The largest absolute Gasteiger partial charge is 0.379 e. The average molecular weight is 476 g/mol. The van der Waals surface area contributed by atoms with E-state index in [0.29, 0.717) is 32.7 Å². The highest BCUT2D eigenvalue weighted by atomic mass is 79.9. The molecule has 0 aliphatic carbocycles. The first-order chi connectivity index (χ1) is 13.3. The second-order valence-corrected chi connectivity index (χ2v) is 9.87. The van der Waals surface area contributed by atoms with Crippen molar-refractivity contribution in [3.63, 3.8) is 0 Å². The van der Waals surface area contributed by atoms with Gasteiger partial charge in [-0.05, 0) is 44.5 Å². The predicted octanol–water partition coefficient (Wildman–Crippen LogP) is 2.08. The summed E-state index contributed by atoms with van der Waals surface area (Å²) in [4.78, 5) is 14.5. The van der Waals surface area contributed by atoms with Gasteiger partial charge in [0.05, 0.1) is 11.0 Å². The van der Waals surface area contributed by atoms with Gasteiger partial charge in [-0.3, -0.25) is 4.79 Å². The van der Waals surface area contributed by atoms with Gasteiger partial charge in [0.2, 0.25) is 15.9 Å². The summed E-state index contributed by atoms with van der Waals surface area (Å²) in [5, 5.41) is 3.21. The number of carbonyl (C=O) groups is 1. The highest BCUT2D eigenvalue weighted by Gasteiger charge is 2.26. The standard InChI is InChI=1S/C19H30BrN3O4S/c1-16(2)27-15-3-11-23(12-8-19(24)22-13-9-21-10-14-22)28(25,26)18-6-4-17(20)5-7-18/h4-7,16,21H,3,8-15H2,1-2H3. The summed E-state index contributed by atoms with van der Waals surface area (Å²) in [5.41, 5.74) is 0. The summed E-state index contributed by atoms with van der Waals surface area (Å²) in [6.45, 7) is 7.75. The van der Waals surface area contributed by atoms with Gasteiger partial charge in [-0.2, -0.15) is 4.31 Å². The molecule has 0 aromatic heterocycles. The van der Waals surface area contributed by atoms with Gasteiger partial charge in [-0.1, -0.05) is 15.9 Å². The SMILES string of the molecule is CC(C)OCCCN(CCC(=O)N1CCNCC1)S(=O)(=O)c1ccc(Br)cc1. The lowest BCUT2D eigenvalue weighted by Crippen LogP contribution is -2.47. The Morgan fingerprint density at radius 1 is 1.21 bits per heavy atom. The molecule has 1 N–H and O–H groups in total. The zero-order chi connectivity index (χ0) is 20.6. The van der Waals surface area contributed by atoms with Crippen LogP contribution in [0.25, 0.3) is 0 Å². The number of nitrogens with one attached hydrogen (secondary N) is 1. The van der Waals surface area contributed by atoms with Gasteiger partial charge in [0.25, 0.3) is 0 Å². The van der Waals surface area contributed by atoms with Crippen LogP contribution in [0.1, 0.15) is 26.7 Å². The topological polar surface area (TPSA) is 79.0 Å². The monoisotopic (exact) mass is 475 g/mol. The third-order valence-electron chi connectivity index (χ3n) is 4.50. The Kier molecular flexibility index (Phi) is 9.36. The van der Waals surface area contributed by atoms with Gasteiger partial charge >= 0.3 is 0 Å². The highest BCUT2D eigenvalue weighted by Crippen LogP contribution is 2.19. The fraction of sp³-hybridized carbons (Fsp3) is 0.632. The van der Waals surface area contributed by atoms with E-state index < -0.39 is 10.0 Å². The molecule has 0 saturated carbocycles. The molecule has 0 spiro atoms. The van der Waals surface area contributed by atoms with Gasteiger partial charge in [-0.25, -0.2) is 8.42 Å². The van der Waals surface area contributed by atoms with E-state index in [1.807, 2.05) is 13.8 Å². The molecular formula is C19H30BrN3O4S. The first kappa shape index (κ1) is 23.3. The summed E-state index contributed by atoms with van der Waals surface area (Å²) in [5.74, 6) is -0.00376. The van der Waals surface area contributed by atoms with Crippen LogP contribution >= 0.6 is 15.9 Å². The van der Waals surface area contributed by atoms with E-state index in [1.165, 1.54) is 4.31 Å². The summed E-state index contributed by atoms with van der Waals surface area (Å²) in [6.07, 6.45) is 0.863. The number of sulfonamides is 1. The molecule has 9 heteroatoms. The Morgan fingerprint density at radius 3 is 2.46 bits per heavy atom. The Hall–Kier alpha value is -1.00. The number of benzene rings is 1. The molecular weight excluding hydrogens is 446 g/mol. The Morgan fingerprint density at radius 2 is 1.86 bits per heavy atom. The van der Waals surface area contributed by atoms with Crippen LogP contribution in [0.4, 0.5) is 0 Å². The zero-order valence-electron chi connectivity index (χ0n) is 16.6. The van der Waals surface area contributed by atoms with Crippen molar-refractivity contribution in [3.05, 3.63) is 28.7 Å². The van der Waals surface area contributed by atoms with Gasteiger partial charge < -0.3 is 15.0 Å². The fourth-order valence-electron chi connectivity index (χ4n) is 2.96. The van der Waals surface area contributed by atoms with E-state index in [1.54, 1.807) is 29.2 Å². The molecule has 1 aromatic carbocycles. The van der Waals surface area contributed by atoms with E-state index >= 15 is 0 Å². The van der Waals surface area contributed by atoms with Crippen LogP contribution in [0.2, 0.25) is 0 Å². The van der Waals surface area contributed by atoms with E-state index in [9.17, 15) is 13.2 Å². The molecule has 1 aromatic rings. The first-order valence-corrected chi connectivity index (χ1v) is 11.9. The molecule has 1 amide bonds. The van der Waals surface area contributed by atoms with Crippen molar-refractivity contribution < 1.29 is 17.9 Å². The van der Waals surface area contributed by atoms with Crippen LogP contribution in [-0.2, 0) is 19.6 Å². The van der Waals surface area contributed by atoms with E-state index in [4.69, 9.17) is 4.74 Å². The smallest absolute Gasteiger partial charge is 0.243 e. The Balaban J connectivity index is 2.04. The third kappa shape index (κ3) is 7.11. The molecule has 158 valence electrons. The minimum atomic E-state index is -3.67. The number of nitrogens with zero attached hydrogens (tertiary/aromatic N) is 2. The van der Waals surface area contributed by atoms with Crippen LogP contribution < -0.4 is 5.32 Å². The second kappa shape index (κ2) is 11.3. The van der Waals surface area contributed by atoms with Crippen LogP contribution in [-0.4, -0.2) is 75.5 Å². The van der Waals surface area contributed by atoms with Crippen LogP contribution in [0.5, 0.6) is 0 Å². The minimum absolute atomic E-state index is 0.00376. The molecule has 1 saturated heterocycles. The summed E-state index contributed by atoms with van der Waals surface area (Å²) >= 11 is 3.33. The molecule has 7 nitrogen and oxygen atoms in total.